The lowest BCUT2D eigenvalue weighted by Gasteiger charge is -2.01. The third kappa shape index (κ3) is 4.10. The van der Waals surface area contributed by atoms with Crippen molar-refractivity contribution in [2.75, 3.05) is 0 Å². The molecule has 0 aliphatic heterocycles. The Kier molecular flexibility index (Phi) is 5.01. The molecule has 0 heteroatoms. The van der Waals surface area contributed by atoms with Crippen LogP contribution in [0.3, 0.4) is 0 Å². The van der Waals surface area contributed by atoms with E-state index in [1.54, 1.807) is 0 Å². The van der Waals surface area contributed by atoms with E-state index in [-0.39, 0.29) is 0 Å². The summed E-state index contributed by atoms with van der Waals surface area (Å²) in [4.78, 5) is 0. The quantitative estimate of drug-likeness (QED) is 0.640. The molecule has 0 bridgehead atoms. The van der Waals surface area contributed by atoms with E-state index in [0.717, 1.165) is 17.5 Å². The van der Waals surface area contributed by atoms with Crippen molar-refractivity contribution in [2.45, 2.75) is 34.1 Å². The zero-order valence-corrected chi connectivity index (χ0v) is 13.3. The number of hydrogen-bond donors (Lipinski definition) is 0. The molecule has 0 N–H and O–H groups in total. The first-order valence-corrected chi connectivity index (χ1v) is 7.46. The normalized spacial score (nSPS) is 10.5. The van der Waals surface area contributed by atoms with Gasteiger partial charge in [-0.15, -0.1) is 0 Å². The van der Waals surface area contributed by atoms with Gasteiger partial charge in [-0.2, -0.15) is 0 Å². The van der Waals surface area contributed by atoms with Gasteiger partial charge in [-0.05, 0) is 67.6 Å². The summed E-state index contributed by atoms with van der Waals surface area (Å²) in [5, 5.41) is 0. The SMILES string of the molecule is CC/C=C/c1ccc(C)c(C#Cc2ccc(C)c(C)c2)c1. The largest absolute Gasteiger partial charge is 0.0842 e. The van der Waals surface area contributed by atoms with Crippen molar-refractivity contribution in [3.8, 4) is 11.8 Å². The zero-order chi connectivity index (χ0) is 15.2. The van der Waals surface area contributed by atoms with E-state index in [9.17, 15) is 0 Å². The number of rotatable bonds is 2. The van der Waals surface area contributed by atoms with E-state index < -0.39 is 0 Å². The van der Waals surface area contributed by atoms with E-state index in [2.05, 4.69) is 88.1 Å². The highest BCUT2D eigenvalue weighted by Gasteiger charge is 1.97. The number of benzene rings is 2. The molecule has 0 aliphatic carbocycles. The minimum Gasteiger partial charge on any atom is -0.0842 e. The topological polar surface area (TPSA) is 0 Å². The first-order chi connectivity index (χ1) is 10.1. The van der Waals surface area contributed by atoms with Gasteiger partial charge in [0, 0.05) is 11.1 Å². The first kappa shape index (κ1) is 15.1. The van der Waals surface area contributed by atoms with Crippen LogP contribution >= 0.6 is 0 Å². The lowest BCUT2D eigenvalue weighted by molar-refractivity contribution is 1.23. The summed E-state index contributed by atoms with van der Waals surface area (Å²) in [5.74, 6) is 6.59. The first-order valence-electron chi connectivity index (χ1n) is 7.46. The van der Waals surface area contributed by atoms with Gasteiger partial charge in [0.2, 0.25) is 0 Å². The molecule has 0 spiro atoms. The smallest absolute Gasteiger partial charge is 0.0284 e. The van der Waals surface area contributed by atoms with Gasteiger partial charge in [-0.1, -0.05) is 49.1 Å². The fraction of sp³-hybridized carbons (Fsp3) is 0.238. The van der Waals surface area contributed by atoms with Gasteiger partial charge in [-0.25, -0.2) is 0 Å². The van der Waals surface area contributed by atoms with Crippen LogP contribution in [0.2, 0.25) is 0 Å². The third-order valence-corrected chi connectivity index (χ3v) is 3.66. The maximum absolute atomic E-state index is 3.31. The second-order valence-electron chi connectivity index (χ2n) is 5.43. The van der Waals surface area contributed by atoms with E-state index in [1.807, 2.05) is 0 Å². The Morgan fingerprint density at radius 1 is 0.857 bits per heavy atom. The van der Waals surface area contributed by atoms with E-state index in [0.29, 0.717) is 0 Å². The van der Waals surface area contributed by atoms with Gasteiger partial charge in [0.25, 0.3) is 0 Å². The molecule has 0 radical (unpaired) electrons. The van der Waals surface area contributed by atoms with Crippen molar-refractivity contribution in [3.05, 3.63) is 75.9 Å². The standard InChI is InChI=1S/C21H22/c1-5-6-7-19-11-9-17(3)21(15-19)13-12-20-10-8-16(2)18(4)14-20/h6-11,14-15H,5H2,1-4H3/b7-6+. The van der Waals surface area contributed by atoms with Crippen LogP contribution in [0.5, 0.6) is 0 Å². The number of aryl methyl sites for hydroxylation is 3. The molecule has 2 aromatic rings. The predicted octanol–water partition coefficient (Wildman–Crippen LogP) is 5.43. The highest BCUT2D eigenvalue weighted by molar-refractivity contribution is 5.56. The Morgan fingerprint density at radius 2 is 1.62 bits per heavy atom. The fourth-order valence-corrected chi connectivity index (χ4v) is 2.09. The summed E-state index contributed by atoms with van der Waals surface area (Å²) in [6.45, 7) is 8.50. The summed E-state index contributed by atoms with van der Waals surface area (Å²) in [5.41, 5.74) is 7.21. The molecule has 0 nitrogen and oxygen atoms in total. The van der Waals surface area contributed by atoms with Crippen LogP contribution in [0.4, 0.5) is 0 Å². The van der Waals surface area contributed by atoms with Crippen molar-refractivity contribution in [2.24, 2.45) is 0 Å². The molecule has 0 amide bonds. The number of hydrogen-bond acceptors (Lipinski definition) is 0. The number of allylic oxidation sites excluding steroid dienone is 1. The monoisotopic (exact) mass is 274 g/mol. The predicted molar refractivity (Wildman–Crippen MR) is 92.4 cm³/mol. The molecular weight excluding hydrogens is 252 g/mol. The zero-order valence-electron chi connectivity index (χ0n) is 13.3. The summed E-state index contributed by atoms with van der Waals surface area (Å²) >= 11 is 0. The Bertz CT molecular complexity index is 721. The molecule has 0 saturated heterocycles. The van der Waals surface area contributed by atoms with Gasteiger partial charge in [0.1, 0.15) is 0 Å². The van der Waals surface area contributed by atoms with Crippen molar-refractivity contribution in [3.63, 3.8) is 0 Å². The molecular formula is C21H22. The van der Waals surface area contributed by atoms with Crippen LogP contribution in [-0.2, 0) is 0 Å². The second kappa shape index (κ2) is 6.95. The molecule has 0 aliphatic rings. The average Bonchev–Trinajstić information content (AvgIpc) is 2.48. The minimum absolute atomic E-state index is 1.05. The molecule has 0 atom stereocenters. The van der Waals surface area contributed by atoms with Crippen molar-refractivity contribution >= 4 is 6.08 Å². The van der Waals surface area contributed by atoms with Crippen LogP contribution in [0.1, 0.15) is 46.7 Å². The van der Waals surface area contributed by atoms with Gasteiger partial charge < -0.3 is 0 Å². The molecule has 0 unspecified atom stereocenters. The highest BCUT2D eigenvalue weighted by Crippen LogP contribution is 2.13. The fourth-order valence-electron chi connectivity index (χ4n) is 2.09. The summed E-state index contributed by atoms with van der Waals surface area (Å²) < 4.78 is 0. The molecule has 2 rings (SSSR count). The Morgan fingerprint density at radius 3 is 2.33 bits per heavy atom. The Labute approximate surface area is 128 Å². The van der Waals surface area contributed by atoms with E-state index >= 15 is 0 Å². The Hall–Kier alpha value is -2.26. The minimum atomic E-state index is 1.05. The van der Waals surface area contributed by atoms with Gasteiger partial charge in [0.05, 0.1) is 0 Å². The van der Waals surface area contributed by atoms with Crippen molar-refractivity contribution < 1.29 is 0 Å². The molecule has 0 saturated carbocycles. The van der Waals surface area contributed by atoms with E-state index in [4.69, 9.17) is 0 Å². The molecule has 0 heterocycles. The van der Waals surface area contributed by atoms with Crippen LogP contribution in [0.15, 0.2) is 42.5 Å². The highest BCUT2D eigenvalue weighted by atomic mass is 14.0. The van der Waals surface area contributed by atoms with Crippen LogP contribution in [0.25, 0.3) is 6.08 Å². The lowest BCUT2D eigenvalue weighted by Crippen LogP contribution is -1.85. The third-order valence-electron chi connectivity index (χ3n) is 3.66. The summed E-state index contributed by atoms with van der Waals surface area (Å²) in [7, 11) is 0. The molecule has 0 fully saturated rings. The van der Waals surface area contributed by atoms with Crippen LogP contribution in [-0.4, -0.2) is 0 Å². The molecule has 106 valence electrons. The Balaban J connectivity index is 2.32. The summed E-state index contributed by atoms with van der Waals surface area (Å²) in [6.07, 6.45) is 5.38. The van der Waals surface area contributed by atoms with Gasteiger partial charge in [-0.3, -0.25) is 0 Å². The average molecular weight is 274 g/mol. The summed E-state index contributed by atoms with van der Waals surface area (Å²) in [6, 6.07) is 12.8. The maximum Gasteiger partial charge on any atom is 0.0284 e. The van der Waals surface area contributed by atoms with Crippen LogP contribution in [0, 0.1) is 32.6 Å². The van der Waals surface area contributed by atoms with Crippen molar-refractivity contribution in [1.29, 1.82) is 0 Å². The van der Waals surface area contributed by atoms with E-state index in [1.165, 1.54) is 22.3 Å². The van der Waals surface area contributed by atoms with Crippen LogP contribution < -0.4 is 0 Å². The van der Waals surface area contributed by atoms with Gasteiger partial charge in [0.15, 0.2) is 0 Å². The van der Waals surface area contributed by atoms with Gasteiger partial charge >= 0.3 is 0 Å². The molecule has 0 aromatic heterocycles. The van der Waals surface area contributed by atoms with Crippen molar-refractivity contribution in [1.82, 2.24) is 0 Å². The lowest BCUT2D eigenvalue weighted by atomic mass is 10.0. The second-order valence-corrected chi connectivity index (χ2v) is 5.43. The maximum atomic E-state index is 3.31. The molecule has 2 aromatic carbocycles. The molecule has 21 heavy (non-hydrogen) atoms.